The predicted octanol–water partition coefficient (Wildman–Crippen LogP) is 2.63. The topological polar surface area (TPSA) is 75.3 Å². The zero-order chi connectivity index (χ0) is 21.1. The minimum atomic E-state index is -0.936. The molecule has 1 aromatic rings. The van der Waals surface area contributed by atoms with Crippen LogP contribution in [-0.4, -0.2) is 54.7 Å². The Bertz CT molecular complexity index is 843. The molecule has 0 bridgehead atoms. The molecule has 9 heteroatoms. The number of carbonyl (C=O) groups excluding carboxylic acids is 1. The molecule has 1 aliphatic carbocycles. The average molecular weight is 425 g/mol. The molecule has 164 valence electrons. The monoisotopic (exact) mass is 425 g/mol. The van der Waals surface area contributed by atoms with Gasteiger partial charge >= 0.3 is 0 Å². The quantitative estimate of drug-likeness (QED) is 0.803. The number of rotatable bonds is 3. The Labute approximate surface area is 172 Å². The molecule has 1 amide bonds. The Hall–Kier alpha value is -1.65. The molecule has 3 aliphatic heterocycles. The second-order valence-corrected chi connectivity index (χ2v) is 8.78. The van der Waals surface area contributed by atoms with E-state index < -0.39 is 59.8 Å². The van der Waals surface area contributed by atoms with Crippen LogP contribution in [0.25, 0.3) is 0 Å². The van der Waals surface area contributed by atoms with Crippen LogP contribution < -0.4 is 5.32 Å². The number of halogens is 2. The summed E-state index contributed by atoms with van der Waals surface area (Å²) < 4.78 is 57.4. The molecule has 4 aliphatic rings. The van der Waals surface area contributed by atoms with Gasteiger partial charge in [0.1, 0.15) is 29.9 Å². The third kappa shape index (κ3) is 3.52. The first-order valence-corrected chi connectivity index (χ1v) is 10.3. The molecule has 1 N–H and O–H groups in total. The SMILES string of the molecule is CC1(C)O[C@H]2O[C@H]([C@H]3COC4(CCCC4)O3)[C@H](NC(=O)c3ccc(F)cc3F)[C@H]2O1. The van der Waals surface area contributed by atoms with E-state index in [-0.39, 0.29) is 5.56 Å². The van der Waals surface area contributed by atoms with Crippen molar-refractivity contribution in [2.24, 2.45) is 0 Å². The van der Waals surface area contributed by atoms with Gasteiger partial charge in [0.15, 0.2) is 17.9 Å². The van der Waals surface area contributed by atoms with Gasteiger partial charge in [-0.05, 0) is 38.8 Å². The predicted molar refractivity (Wildman–Crippen MR) is 98.3 cm³/mol. The fourth-order valence-electron chi connectivity index (χ4n) is 4.83. The van der Waals surface area contributed by atoms with Crippen LogP contribution in [0.1, 0.15) is 49.9 Å². The lowest BCUT2D eigenvalue weighted by Gasteiger charge is -2.30. The van der Waals surface area contributed by atoms with Crippen molar-refractivity contribution >= 4 is 5.91 Å². The molecular weight excluding hydrogens is 400 g/mol. The van der Waals surface area contributed by atoms with Crippen LogP contribution in [0.15, 0.2) is 18.2 Å². The lowest BCUT2D eigenvalue weighted by molar-refractivity contribution is -0.226. The second kappa shape index (κ2) is 7.20. The van der Waals surface area contributed by atoms with Gasteiger partial charge in [0.25, 0.3) is 5.91 Å². The van der Waals surface area contributed by atoms with Gasteiger partial charge in [-0.3, -0.25) is 4.79 Å². The molecule has 3 heterocycles. The molecule has 0 unspecified atom stereocenters. The number of carbonyl (C=O) groups is 1. The second-order valence-electron chi connectivity index (χ2n) is 8.78. The molecule has 30 heavy (non-hydrogen) atoms. The van der Waals surface area contributed by atoms with E-state index in [1.807, 2.05) is 0 Å². The van der Waals surface area contributed by atoms with Crippen molar-refractivity contribution in [1.82, 2.24) is 5.32 Å². The Balaban J connectivity index is 1.38. The smallest absolute Gasteiger partial charge is 0.254 e. The van der Waals surface area contributed by atoms with E-state index in [0.717, 1.165) is 37.8 Å². The van der Waals surface area contributed by atoms with Gasteiger partial charge in [-0.1, -0.05) is 0 Å². The third-order valence-electron chi connectivity index (χ3n) is 6.17. The molecule has 1 spiro atoms. The summed E-state index contributed by atoms with van der Waals surface area (Å²) in [7, 11) is 0. The summed E-state index contributed by atoms with van der Waals surface area (Å²) in [6, 6.07) is 2.18. The summed E-state index contributed by atoms with van der Waals surface area (Å²) in [4.78, 5) is 12.8. The number of hydrogen-bond acceptors (Lipinski definition) is 6. The number of amides is 1. The van der Waals surface area contributed by atoms with E-state index in [4.69, 9.17) is 23.7 Å². The fraction of sp³-hybridized carbons (Fsp3) is 0.667. The van der Waals surface area contributed by atoms with Crippen molar-refractivity contribution in [2.75, 3.05) is 6.61 Å². The van der Waals surface area contributed by atoms with Crippen LogP contribution in [0.2, 0.25) is 0 Å². The minimum Gasteiger partial charge on any atom is -0.347 e. The first kappa shape index (κ1) is 20.3. The van der Waals surface area contributed by atoms with Gasteiger partial charge < -0.3 is 29.0 Å². The van der Waals surface area contributed by atoms with E-state index in [1.54, 1.807) is 13.8 Å². The first-order chi connectivity index (χ1) is 14.3. The van der Waals surface area contributed by atoms with Gasteiger partial charge in [0, 0.05) is 18.9 Å². The van der Waals surface area contributed by atoms with Crippen molar-refractivity contribution in [2.45, 2.75) is 81.7 Å². The zero-order valence-corrected chi connectivity index (χ0v) is 16.9. The van der Waals surface area contributed by atoms with Crippen LogP contribution in [0.5, 0.6) is 0 Å². The Morgan fingerprint density at radius 3 is 2.60 bits per heavy atom. The molecule has 0 aromatic heterocycles. The standard InChI is InChI=1S/C21H25F2NO6/c1-20(2)29-17-15(24-18(25)12-6-5-11(22)9-13(12)23)16(27-19(17)30-20)14-10-26-21(28-14)7-3-4-8-21/h5-6,9,14-17,19H,3-4,7-8,10H2,1-2H3,(H,24,25)/t14-,15+,16-,17-,19-/m1/s1. The fourth-order valence-corrected chi connectivity index (χ4v) is 4.83. The van der Waals surface area contributed by atoms with E-state index in [9.17, 15) is 13.6 Å². The molecule has 4 fully saturated rings. The van der Waals surface area contributed by atoms with Gasteiger partial charge in [0.2, 0.25) is 0 Å². The number of benzene rings is 1. The van der Waals surface area contributed by atoms with Crippen LogP contribution in [-0.2, 0) is 23.7 Å². The minimum absolute atomic E-state index is 0.257. The van der Waals surface area contributed by atoms with E-state index >= 15 is 0 Å². The highest BCUT2D eigenvalue weighted by molar-refractivity contribution is 5.94. The van der Waals surface area contributed by atoms with Crippen molar-refractivity contribution in [3.05, 3.63) is 35.4 Å². The summed E-state index contributed by atoms with van der Waals surface area (Å²) in [6.45, 7) is 3.83. The van der Waals surface area contributed by atoms with Crippen molar-refractivity contribution < 1.29 is 37.3 Å². The zero-order valence-electron chi connectivity index (χ0n) is 16.9. The van der Waals surface area contributed by atoms with Crippen molar-refractivity contribution in [3.8, 4) is 0 Å². The van der Waals surface area contributed by atoms with Gasteiger partial charge in [-0.25, -0.2) is 8.78 Å². The third-order valence-corrected chi connectivity index (χ3v) is 6.17. The summed E-state index contributed by atoms with van der Waals surface area (Å²) in [5.41, 5.74) is -0.257. The van der Waals surface area contributed by atoms with Crippen molar-refractivity contribution in [3.63, 3.8) is 0 Å². The number of ether oxygens (including phenoxy) is 5. The summed E-state index contributed by atoms with van der Waals surface area (Å²) in [5, 5.41) is 2.80. The molecule has 3 saturated heterocycles. The highest BCUT2D eigenvalue weighted by atomic mass is 19.1. The highest BCUT2D eigenvalue weighted by Crippen LogP contribution is 2.44. The molecular formula is C21H25F2NO6. The Kier molecular flexibility index (Phi) is 4.86. The first-order valence-electron chi connectivity index (χ1n) is 10.3. The molecule has 1 saturated carbocycles. The van der Waals surface area contributed by atoms with E-state index in [2.05, 4.69) is 5.32 Å². The molecule has 7 nitrogen and oxygen atoms in total. The number of hydrogen-bond donors (Lipinski definition) is 1. The summed E-state index contributed by atoms with van der Waals surface area (Å²) in [6.07, 6.45) is 1.40. The maximum absolute atomic E-state index is 14.1. The Morgan fingerprint density at radius 1 is 1.10 bits per heavy atom. The lowest BCUT2D eigenvalue weighted by atomic mass is 10.0. The maximum Gasteiger partial charge on any atom is 0.254 e. The van der Waals surface area contributed by atoms with Crippen LogP contribution in [0.4, 0.5) is 8.78 Å². The van der Waals surface area contributed by atoms with E-state index in [1.165, 1.54) is 0 Å². The molecule has 5 atom stereocenters. The van der Waals surface area contributed by atoms with Crippen molar-refractivity contribution in [1.29, 1.82) is 0 Å². The normalized spacial score (nSPS) is 36.3. The van der Waals surface area contributed by atoms with Gasteiger partial charge in [-0.15, -0.1) is 0 Å². The maximum atomic E-state index is 14.1. The van der Waals surface area contributed by atoms with Gasteiger partial charge in [0.05, 0.1) is 18.2 Å². The van der Waals surface area contributed by atoms with Crippen LogP contribution >= 0.6 is 0 Å². The van der Waals surface area contributed by atoms with Crippen LogP contribution in [0.3, 0.4) is 0 Å². The summed E-state index contributed by atoms with van der Waals surface area (Å²) in [5.74, 6) is -3.85. The van der Waals surface area contributed by atoms with E-state index in [0.29, 0.717) is 12.7 Å². The molecule has 5 rings (SSSR count). The number of fused-ring (bicyclic) bond motifs is 1. The summed E-state index contributed by atoms with van der Waals surface area (Å²) >= 11 is 0. The Morgan fingerprint density at radius 2 is 1.87 bits per heavy atom. The largest absolute Gasteiger partial charge is 0.347 e. The number of nitrogens with one attached hydrogen (secondary N) is 1. The lowest BCUT2D eigenvalue weighted by Crippen LogP contribution is -2.52. The highest BCUT2D eigenvalue weighted by Gasteiger charge is 2.59. The van der Waals surface area contributed by atoms with Crippen LogP contribution in [0, 0.1) is 11.6 Å². The van der Waals surface area contributed by atoms with Gasteiger partial charge in [-0.2, -0.15) is 0 Å². The molecule has 0 radical (unpaired) electrons. The molecule has 1 aromatic carbocycles. The average Bonchev–Trinajstić information content (AvgIpc) is 3.42.